The first-order chi connectivity index (χ1) is 15.2. The predicted molar refractivity (Wildman–Crippen MR) is 110 cm³/mol. The van der Waals surface area contributed by atoms with Crippen molar-refractivity contribution in [1.82, 2.24) is 29.5 Å². The minimum absolute atomic E-state index is 0.0907. The number of H-pyrrole nitrogens is 1. The van der Waals surface area contributed by atoms with Crippen LogP contribution in [-0.2, 0) is 29.1 Å². The van der Waals surface area contributed by atoms with Gasteiger partial charge in [-0.25, -0.2) is 13.8 Å². The van der Waals surface area contributed by atoms with E-state index in [2.05, 4.69) is 15.1 Å². The summed E-state index contributed by atoms with van der Waals surface area (Å²) in [4.78, 5) is 48.3. The van der Waals surface area contributed by atoms with Gasteiger partial charge in [-0.05, 0) is 32.3 Å². The molecular weight excluding hydrogens is 422 g/mol. The number of amides is 2. The van der Waals surface area contributed by atoms with Gasteiger partial charge in [0.2, 0.25) is 11.8 Å². The Morgan fingerprint density at radius 3 is 2.75 bits per heavy atom. The Morgan fingerprint density at radius 1 is 1.28 bits per heavy atom. The second-order valence-corrected chi connectivity index (χ2v) is 8.33. The molecule has 172 valence electrons. The van der Waals surface area contributed by atoms with E-state index in [1.807, 2.05) is 0 Å². The molecule has 9 nitrogen and oxygen atoms in total. The lowest BCUT2D eigenvalue weighted by molar-refractivity contribution is -0.136. The fraction of sp³-hybridized carbons (Fsp3) is 0.571. The molecule has 0 radical (unpaired) electrons. The Balaban J connectivity index is 1.58. The highest BCUT2D eigenvalue weighted by Gasteiger charge is 2.32. The van der Waals surface area contributed by atoms with Gasteiger partial charge in [-0.15, -0.1) is 0 Å². The third-order valence-corrected chi connectivity index (χ3v) is 6.18. The summed E-state index contributed by atoms with van der Waals surface area (Å²) in [5, 5.41) is 3.85. The number of aromatic nitrogens is 4. The molecule has 1 saturated heterocycles. The number of rotatable bonds is 4. The van der Waals surface area contributed by atoms with Crippen molar-refractivity contribution in [2.45, 2.75) is 65.1 Å². The Kier molecular flexibility index (Phi) is 6.07. The second-order valence-electron chi connectivity index (χ2n) is 8.33. The number of nitrogens with one attached hydrogen (secondary N) is 1. The molecule has 0 bridgehead atoms. The number of hydrogen-bond donors (Lipinski definition) is 1. The zero-order valence-corrected chi connectivity index (χ0v) is 18.1. The summed E-state index contributed by atoms with van der Waals surface area (Å²) in [6.07, 6.45) is 0.120. The minimum Gasteiger partial charge on any atom is -0.338 e. The highest BCUT2D eigenvalue weighted by Crippen LogP contribution is 2.30. The number of fused-ring (bicyclic) bond motifs is 1. The van der Waals surface area contributed by atoms with E-state index in [4.69, 9.17) is 0 Å². The van der Waals surface area contributed by atoms with Gasteiger partial charge in [0.05, 0.1) is 23.8 Å². The van der Waals surface area contributed by atoms with Crippen LogP contribution in [0.3, 0.4) is 0 Å². The monoisotopic (exact) mass is 448 g/mol. The zero-order valence-electron chi connectivity index (χ0n) is 18.1. The molecule has 2 aromatic rings. The fourth-order valence-electron chi connectivity index (χ4n) is 4.41. The van der Waals surface area contributed by atoms with Crippen molar-refractivity contribution in [2.75, 3.05) is 13.1 Å². The van der Waals surface area contributed by atoms with Crippen molar-refractivity contribution < 1.29 is 18.4 Å². The summed E-state index contributed by atoms with van der Waals surface area (Å²) in [5.74, 6) is 0.0838. The van der Waals surface area contributed by atoms with E-state index < -0.39 is 12.5 Å². The van der Waals surface area contributed by atoms with Crippen LogP contribution in [0.15, 0.2) is 10.9 Å². The van der Waals surface area contributed by atoms with Crippen molar-refractivity contribution in [3.05, 3.63) is 44.9 Å². The summed E-state index contributed by atoms with van der Waals surface area (Å²) < 4.78 is 27.2. The maximum Gasteiger partial charge on any atom is 0.282 e. The molecule has 4 heterocycles. The van der Waals surface area contributed by atoms with Crippen molar-refractivity contribution in [3.63, 3.8) is 0 Å². The molecule has 1 N–H and O–H groups in total. The van der Waals surface area contributed by atoms with Crippen molar-refractivity contribution in [2.24, 2.45) is 0 Å². The number of likely N-dealkylation sites (tertiary alicyclic amines) is 1. The number of aromatic amines is 1. The number of nitrogens with zero attached hydrogens (tertiary/aromatic N) is 5. The lowest BCUT2D eigenvalue weighted by Gasteiger charge is -2.36. The largest absolute Gasteiger partial charge is 0.338 e. The quantitative estimate of drug-likeness (QED) is 0.769. The highest BCUT2D eigenvalue weighted by molar-refractivity contribution is 5.76. The van der Waals surface area contributed by atoms with Crippen molar-refractivity contribution in [3.8, 4) is 0 Å². The molecule has 0 saturated carbocycles. The van der Waals surface area contributed by atoms with Crippen LogP contribution in [0.4, 0.5) is 8.78 Å². The molecular formula is C21H26F2N6O3. The molecule has 11 heteroatoms. The lowest BCUT2D eigenvalue weighted by Crippen LogP contribution is -2.43. The van der Waals surface area contributed by atoms with Crippen LogP contribution in [0.1, 0.15) is 67.1 Å². The van der Waals surface area contributed by atoms with Crippen LogP contribution in [0.25, 0.3) is 0 Å². The summed E-state index contributed by atoms with van der Waals surface area (Å²) in [7, 11) is 0. The Morgan fingerprint density at radius 2 is 2.06 bits per heavy atom. The summed E-state index contributed by atoms with van der Waals surface area (Å²) in [6.45, 7) is 4.16. The number of aryl methyl sites for hydroxylation is 1. The van der Waals surface area contributed by atoms with E-state index in [1.54, 1.807) is 16.7 Å². The van der Waals surface area contributed by atoms with Crippen molar-refractivity contribution in [1.29, 1.82) is 0 Å². The highest BCUT2D eigenvalue weighted by atomic mass is 19.3. The second kappa shape index (κ2) is 8.79. The van der Waals surface area contributed by atoms with Crippen LogP contribution in [-0.4, -0.2) is 54.5 Å². The molecule has 0 aromatic carbocycles. The topological polar surface area (TPSA) is 104 Å². The number of carbonyl (C=O) groups excluding carboxylic acids is 2. The molecule has 0 aliphatic carbocycles. The van der Waals surface area contributed by atoms with Gasteiger partial charge in [0, 0.05) is 32.1 Å². The minimum atomic E-state index is -2.70. The maximum atomic E-state index is 13.1. The Bertz CT molecular complexity index is 1100. The number of piperidine rings is 1. The molecule has 4 rings (SSSR count). The van der Waals surface area contributed by atoms with E-state index >= 15 is 0 Å². The normalized spacial score (nSPS) is 18.7. The summed E-state index contributed by atoms with van der Waals surface area (Å²) in [6, 6.07) is 0.879. The van der Waals surface area contributed by atoms with E-state index in [1.165, 1.54) is 17.7 Å². The first kappa shape index (κ1) is 22.1. The average Bonchev–Trinajstić information content (AvgIpc) is 3.14. The smallest absolute Gasteiger partial charge is 0.282 e. The molecule has 2 aromatic heterocycles. The van der Waals surface area contributed by atoms with Gasteiger partial charge >= 0.3 is 0 Å². The summed E-state index contributed by atoms with van der Waals surface area (Å²) in [5.41, 5.74) is 0.973. The molecule has 2 amide bonds. The van der Waals surface area contributed by atoms with Crippen molar-refractivity contribution >= 4 is 11.8 Å². The molecule has 1 fully saturated rings. The van der Waals surface area contributed by atoms with Crippen LogP contribution in [0.2, 0.25) is 0 Å². The van der Waals surface area contributed by atoms with Gasteiger partial charge in [0.25, 0.3) is 12.0 Å². The molecule has 2 aliphatic heterocycles. The Hall–Kier alpha value is -3.11. The number of halogens is 2. The van der Waals surface area contributed by atoms with Crippen LogP contribution >= 0.6 is 0 Å². The van der Waals surface area contributed by atoms with E-state index in [-0.39, 0.29) is 36.2 Å². The van der Waals surface area contributed by atoms with Crippen LogP contribution in [0.5, 0.6) is 0 Å². The standard InChI is InChI=1S/C21H26F2N6O3/c1-12-9-16(19(22)23)26-29(12)11-18(31)28-7-4-3-5-17(28)20-24-15-6-8-27(13(2)30)10-14(15)21(32)25-20/h9,17,19H,3-8,10-11H2,1-2H3,(H,24,25,32). The molecule has 2 aliphatic rings. The van der Waals surface area contributed by atoms with E-state index in [0.717, 1.165) is 12.8 Å². The van der Waals surface area contributed by atoms with Gasteiger partial charge in [-0.1, -0.05) is 0 Å². The van der Waals surface area contributed by atoms with Gasteiger partial charge in [-0.2, -0.15) is 5.10 Å². The first-order valence-electron chi connectivity index (χ1n) is 10.7. The third kappa shape index (κ3) is 4.28. The molecule has 1 atom stereocenters. The first-order valence-corrected chi connectivity index (χ1v) is 10.7. The van der Waals surface area contributed by atoms with E-state index in [0.29, 0.717) is 48.7 Å². The van der Waals surface area contributed by atoms with Crippen LogP contribution in [0, 0.1) is 6.92 Å². The zero-order chi connectivity index (χ0) is 23.0. The van der Waals surface area contributed by atoms with Crippen LogP contribution < -0.4 is 5.56 Å². The summed E-state index contributed by atoms with van der Waals surface area (Å²) >= 11 is 0. The van der Waals surface area contributed by atoms with Gasteiger partial charge in [0.15, 0.2) is 0 Å². The predicted octanol–water partition coefficient (Wildman–Crippen LogP) is 1.87. The third-order valence-electron chi connectivity index (χ3n) is 6.18. The number of carbonyl (C=O) groups is 2. The fourth-order valence-corrected chi connectivity index (χ4v) is 4.41. The Labute approximate surface area is 183 Å². The number of alkyl halides is 2. The molecule has 32 heavy (non-hydrogen) atoms. The average molecular weight is 448 g/mol. The van der Waals surface area contributed by atoms with Gasteiger partial charge in [0.1, 0.15) is 18.1 Å². The van der Waals surface area contributed by atoms with Gasteiger partial charge < -0.3 is 14.8 Å². The van der Waals surface area contributed by atoms with E-state index in [9.17, 15) is 23.2 Å². The SMILES string of the molecule is CC(=O)N1CCc2nc(C3CCCCN3C(=O)Cn3nc(C(F)F)cc3C)[nH]c(=O)c2C1. The lowest BCUT2D eigenvalue weighted by atomic mass is 10.00. The maximum absolute atomic E-state index is 13.1. The molecule has 0 spiro atoms. The molecule has 1 unspecified atom stereocenters. The number of hydrogen-bond acceptors (Lipinski definition) is 5. The van der Waals surface area contributed by atoms with Gasteiger partial charge in [-0.3, -0.25) is 19.1 Å².